The largest absolute Gasteiger partial charge is 0.310 e. The first-order valence-electron chi connectivity index (χ1n) is 15.9. The minimum Gasteiger partial charge on any atom is -0.310 e. The Morgan fingerprint density at radius 1 is 0.979 bits per heavy atom. The van der Waals surface area contributed by atoms with Crippen molar-refractivity contribution >= 4 is 50.1 Å². The Kier molecular flexibility index (Phi) is 12.6. The number of nitrogens with zero attached hydrogens (tertiary/aromatic N) is 6. The molecular weight excluding hydrogens is 684 g/mol. The van der Waals surface area contributed by atoms with Gasteiger partial charge in [0, 0.05) is 61.7 Å². The summed E-state index contributed by atoms with van der Waals surface area (Å²) in [7, 11) is 0. The summed E-state index contributed by atoms with van der Waals surface area (Å²) in [5.74, 6) is -1.57. The third-order valence-electron chi connectivity index (χ3n) is 8.57. The Bertz CT molecular complexity index is 1770. The second-order valence-corrected chi connectivity index (χ2v) is 13.3. The maximum Gasteiger partial charge on any atom is 0.229 e. The Balaban J connectivity index is 1.66. The molecule has 0 aliphatic heterocycles. The van der Waals surface area contributed by atoms with Crippen LogP contribution in [0.25, 0.3) is 22.0 Å². The van der Waals surface area contributed by atoms with Crippen LogP contribution in [0.3, 0.4) is 0 Å². The van der Waals surface area contributed by atoms with Gasteiger partial charge in [-0.3, -0.25) is 24.0 Å². The van der Waals surface area contributed by atoms with Crippen molar-refractivity contribution in [3.63, 3.8) is 0 Å². The van der Waals surface area contributed by atoms with E-state index in [-0.39, 0.29) is 48.7 Å². The van der Waals surface area contributed by atoms with E-state index in [9.17, 15) is 23.2 Å². The predicted octanol–water partition coefficient (Wildman–Crippen LogP) is 6.51. The molecule has 0 bridgehead atoms. The average molecular weight is 727 g/mol. The van der Waals surface area contributed by atoms with Crippen molar-refractivity contribution in [1.29, 1.82) is 0 Å². The van der Waals surface area contributed by atoms with E-state index < -0.39 is 25.2 Å². The fraction of sp³-hybridized carbons (Fsp3) is 0.457. The molecule has 4 rings (SSSR count). The Morgan fingerprint density at radius 3 is 2.27 bits per heavy atom. The Morgan fingerprint density at radius 2 is 1.65 bits per heavy atom. The van der Waals surface area contributed by atoms with Crippen molar-refractivity contribution in [3.8, 4) is 11.1 Å². The lowest BCUT2D eigenvalue weighted by molar-refractivity contribution is -0.131. The number of nitrogens with one attached hydrogen (secondary N) is 1. The molecule has 0 saturated carbocycles. The minimum atomic E-state index is -0.784. The van der Waals surface area contributed by atoms with Gasteiger partial charge in [-0.25, -0.2) is 23.7 Å². The summed E-state index contributed by atoms with van der Waals surface area (Å²) in [6.45, 7) is 9.71. The molecule has 3 aromatic heterocycles. The first-order chi connectivity index (χ1) is 22.8. The number of aryl methyl sites for hydroxylation is 3. The average Bonchev–Trinajstić information content (AvgIpc) is 3.40. The van der Waals surface area contributed by atoms with E-state index in [1.165, 1.54) is 11.6 Å². The molecule has 1 N–H and O–H groups in total. The highest BCUT2D eigenvalue weighted by Gasteiger charge is 2.33. The summed E-state index contributed by atoms with van der Waals surface area (Å²) in [6, 6.07) is 7.39. The van der Waals surface area contributed by atoms with Gasteiger partial charge >= 0.3 is 0 Å². The third kappa shape index (κ3) is 8.93. The van der Waals surface area contributed by atoms with Gasteiger partial charge in [0.1, 0.15) is 41.8 Å². The summed E-state index contributed by atoms with van der Waals surface area (Å²) in [4.78, 5) is 55.3. The number of hydrogen-bond donors (Lipinski definition) is 1. The first kappa shape index (κ1) is 36.9. The number of carbonyl (C=O) groups excluding carboxylic acids is 3. The van der Waals surface area contributed by atoms with Crippen LogP contribution in [-0.4, -0.2) is 80.1 Å². The number of alkyl halides is 2. The topological polar surface area (TPSA) is 123 Å². The molecular formula is C35H42BrF2N7O3. The Labute approximate surface area is 287 Å². The van der Waals surface area contributed by atoms with Gasteiger partial charge in [0.15, 0.2) is 11.6 Å². The number of benzene rings is 1. The molecule has 1 aromatic carbocycles. The fourth-order valence-corrected chi connectivity index (χ4v) is 6.30. The maximum absolute atomic E-state index is 14.0. The van der Waals surface area contributed by atoms with Crippen molar-refractivity contribution in [2.45, 2.75) is 54.5 Å². The molecule has 4 aromatic rings. The molecule has 3 atom stereocenters. The quantitative estimate of drug-likeness (QED) is 0.103. The van der Waals surface area contributed by atoms with E-state index >= 15 is 0 Å². The summed E-state index contributed by atoms with van der Waals surface area (Å²) in [5, 5.41) is 8.09. The van der Waals surface area contributed by atoms with Gasteiger partial charge in [-0.2, -0.15) is 5.10 Å². The van der Waals surface area contributed by atoms with Crippen molar-refractivity contribution in [2.75, 3.05) is 38.3 Å². The van der Waals surface area contributed by atoms with E-state index in [1.54, 1.807) is 37.2 Å². The van der Waals surface area contributed by atoms with Gasteiger partial charge in [-0.05, 0) is 83.9 Å². The molecule has 0 saturated heterocycles. The van der Waals surface area contributed by atoms with E-state index in [4.69, 9.17) is 0 Å². The number of rotatable bonds is 16. The lowest BCUT2D eigenvalue weighted by Gasteiger charge is -2.28. The van der Waals surface area contributed by atoms with Gasteiger partial charge in [0.25, 0.3) is 0 Å². The normalized spacial score (nSPS) is 13.5. The van der Waals surface area contributed by atoms with Crippen LogP contribution in [0.4, 0.5) is 14.6 Å². The van der Waals surface area contributed by atoms with Gasteiger partial charge in [0.2, 0.25) is 5.91 Å². The van der Waals surface area contributed by atoms with Crippen LogP contribution in [-0.2, 0) is 16.1 Å². The number of carbonyl (C=O) groups is 3. The third-order valence-corrected chi connectivity index (χ3v) is 9.01. The van der Waals surface area contributed by atoms with Crippen molar-refractivity contribution in [1.82, 2.24) is 29.6 Å². The van der Waals surface area contributed by atoms with Gasteiger partial charge in [0.05, 0.1) is 5.52 Å². The molecule has 48 heavy (non-hydrogen) atoms. The first-order valence-corrected chi connectivity index (χ1v) is 16.7. The van der Waals surface area contributed by atoms with E-state index in [2.05, 4.69) is 41.3 Å². The summed E-state index contributed by atoms with van der Waals surface area (Å²) in [6.07, 6.45) is 3.73. The number of fused-ring (bicyclic) bond motifs is 1. The summed E-state index contributed by atoms with van der Waals surface area (Å²) >= 11 is 3.34. The molecule has 10 nitrogen and oxygen atoms in total. The number of amides is 1. The number of ketones is 2. The van der Waals surface area contributed by atoms with Crippen molar-refractivity contribution in [3.05, 3.63) is 63.9 Å². The van der Waals surface area contributed by atoms with Crippen molar-refractivity contribution in [2.24, 2.45) is 17.8 Å². The highest BCUT2D eigenvalue weighted by atomic mass is 79.9. The monoisotopic (exact) mass is 725 g/mol. The van der Waals surface area contributed by atoms with Crippen LogP contribution in [0.15, 0.2) is 41.3 Å². The van der Waals surface area contributed by atoms with E-state index in [1.807, 2.05) is 39.0 Å². The molecule has 256 valence electrons. The van der Waals surface area contributed by atoms with Crippen LogP contribution < -0.4 is 5.32 Å². The highest BCUT2D eigenvalue weighted by molar-refractivity contribution is 9.10. The van der Waals surface area contributed by atoms with Crippen LogP contribution in [0.5, 0.6) is 0 Å². The molecule has 0 fully saturated rings. The number of Topliss-reactive ketones (excluding diaryl/α,β-unsaturated/α-hetero) is 2. The highest BCUT2D eigenvalue weighted by Crippen LogP contribution is 2.31. The zero-order chi connectivity index (χ0) is 35.1. The fourth-order valence-electron chi connectivity index (χ4n) is 5.99. The second-order valence-electron chi connectivity index (χ2n) is 12.4. The zero-order valence-corrected chi connectivity index (χ0v) is 29.8. The number of aromatic nitrogens is 5. The smallest absolute Gasteiger partial charge is 0.229 e. The lowest BCUT2D eigenvalue weighted by atomic mass is 9.82. The van der Waals surface area contributed by atoms with Crippen LogP contribution in [0, 0.1) is 38.5 Å². The van der Waals surface area contributed by atoms with Crippen molar-refractivity contribution < 1.29 is 23.2 Å². The molecule has 0 aliphatic carbocycles. The number of hydrogen-bond acceptors (Lipinski definition) is 8. The van der Waals surface area contributed by atoms with Crippen LogP contribution >= 0.6 is 15.9 Å². The Hall–Kier alpha value is -3.97. The molecule has 0 radical (unpaired) electrons. The standard InChI is InChI=1S/C35H42BrF2N7O3/c1-20(18-44(11-9-37)12-10-38)13-28(35(48)42-34-21(2)7-8-31(36)41-34)23(4)30(47)19-45-33-22(3)14-26(27-16-39-25(6)40-17-27)15-29(33)32(43-45)24(5)46/h7-8,14-17,20,23,28H,9-13,18-19H2,1-6H3,(H,41,42,48)/t20-,23?,28+/m1/s1. The summed E-state index contributed by atoms with van der Waals surface area (Å²) < 4.78 is 28.4. The predicted molar refractivity (Wildman–Crippen MR) is 185 cm³/mol. The lowest BCUT2D eigenvalue weighted by Crippen LogP contribution is -2.38. The van der Waals surface area contributed by atoms with Gasteiger partial charge in [-0.1, -0.05) is 19.9 Å². The molecule has 0 aliphatic rings. The molecule has 1 amide bonds. The van der Waals surface area contributed by atoms with Gasteiger partial charge in [-0.15, -0.1) is 0 Å². The maximum atomic E-state index is 14.0. The van der Waals surface area contributed by atoms with Crippen LogP contribution in [0.2, 0.25) is 0 Å². The molecule has 0 spiro atoms. The number of anilines is 1. The molecule has 1 unspecified atom stereocenters. The molecule has 13 heteroatoms. The molecule has 3 heterocycles. The minimum absolute atomic E-state index is 0.0869. The van der Waals surface area contributed by atoms with Gasteiger partial charge < -0.3 is 5.32 Å². The van der Waals surface area contributed by atoms with Crippen LogP contribution in [0.1, 0.15) is 54.6 Å². The number of pyridine rings is 1. The number of halogens is 3. The second kappa shape index (κ2) is 16.4. The zero-order valence-electron chi connectivity index (χ0n) is 28.2. The summed E-state index contributed by atoms with van der Waals surface area (Å²) in [5.41, 5.74) is 4.05. The SMILES string of the molecule is CC(=O)c1nn(CC(=O)C(C)[C@H](C[C@@H](C)CN(CCF)CCF)C(=O)Nc2nc(Br)ccc2C)c2c(C)cc(-c3cnc(C)nc3)cc12. The van der Waals surface area contributed by atoms with E-state index in [0.29, 0.717) is 40.1 Å². The van der Waals surface area contributed by atoms with E-state index in [0.717, 1.165) is 22.3 Å².